The molecular weight excluding hydrogens is 362 g/mol. The largest absolute Gasteiger partial charge is 0.497 e. The van der Waals surface area contributed by atoms with Crippen molar-refractivity contribution in [2.75, 3.05) is 12.4 Å². The summed E-state index contributed by atoms with van der Waals surface area (Å²) in [6.45, 7) is 2.37. The van der Waals surface area contributed by atoms with Crippen LogP contribution in [0.2, 0.25) is 5.02 Å². The molecule has 0 spiro atoms. The summed E-state index contributed by atoms with van der Waals surface area (Å²) in [6, 6.07) is 16.8. The predicted octanol–water partition coefficient (Wildman–Crippen LogP) is 4.73. The van der Waals surface area contributed by atoms with Crippen LogP contribution in [0.5, 0.6) is 5.75 Å². The quantitative estimate of drug-likeness (QED) is 0.648. The molecule has 0 bridgehead atoms. The molecule has 6 heteroatoms. The second kappa shape index (κ2) is 8.56. The summed E-state index contributed by atoms with van der Waals surface area (Å²) in [5.41, 5.74) is 4.00. The topological polar surface area (TPSA) is 63.2 Å². The average Bonchev–Trinajstić information content (AvgIpc) is 2.70. The first-order chi connectivity index (χ1) is 13.0. The standard InChI is InChI=1S/C21H20ClN3O2/c1-14-3-6-16(11-19(14)22)25-17-7-10-20(23-13-17)21(26)24-12-15-4-8-18(27-2)9-5-15/h3-11,13,25H,12H2,1-2H3,(H,24,26). The van der Waals surface area contributed by atoms with Crippen LogP contribution in [0, 0.1) is 6.92 Å². The van der Waals surface area contributed by atoms with E-state index in [9.17, 15) is 4.79 Å². The van der Waals surface area contributed by atoms with E-state index in [-0.39, 0.29) is 5.91 Å². The molecule has 3 rings (SSSR count). The molecule has 0 fully saturated rings. The molecule has 0 radical (unpaired) electrons. The van der Waals surface area contributed by atoms with E-state index in [0.29, 0.717) is 17.3 Å². The average molecular weight is 382 g/mol. The van der Waals surface area contributed by atoms with Gasteiger partial charge in [-0.05, 0) is 54.4 Å². The Morgan fingerprint density at radius 2 is 1.81 bits per heavy atom. The molecule has 3 aromatic rings. The van der Waals surface area contributed by atoms with E-state index in [1.165, 1.54) is 0 Å². The van der Waals surface area contributed by atoms with Gasteiger partial charge in [-0.15, -0.1) is 0 Å². The minimum Gasteiger partial charge on any atom is -0.497 e. The smallest absolute Gasteiger partial charge is 0.270 e. The normalized spacial score (nSPS) is 10.3. The molecule has 1 amide bonds. The van der Waals surface area contributed by atoms with Crippen molar-refractivity contribution >= 4 is 28.9 Å². The van der Waals surface area contributed by atoms with Crippen molar-refractivity contribution in [1.82, 2.24) is 10.3 Å². The third-order valence-corrected chi connectivity index (χ3v) is 4.48. The number of methoxy groups -OCH3 is 1. The van der Waals surface area contributed by atoms with Crippen molar-refractivity contribution in [2.45, 2.75) is 13.5 Å². The molecule has 2 aromatic carbocycles. The summed E-state index contributed by atoms with van der Waals surface area (Å²) in [5, 5.41) is 6.77. The van der Waals surface area contributed by atoms with Crippen molar-refractivity contribution in [3.8, 4) is 5.75 Å². The SMILES string of the molecule is COc1ccc(CNC(=O)c2ccc(Nc3ccc(C)c(Cl)c3)cn2)cc1. The van der Waals surface area contributed by atoms with Crippen LogP contribution in [0.4, 0.5) is 11.4 Å². The van der Waals surface area contributed by atoms with Gasteiger partial charge in [0.2, 0.25) is 0 Å². The van der Waals surface area contributed by atoms with Crippen molar-refractivity contribution in [1.29, 1.82) is 0 Å². The molecule has 27 heavy (non-hydrogen) atoms. The first-order valence-corrected chi connectivity index (χ1v) is 8.83. The molecule has 0 saturated carbocycles. The predicted molar refractivity (Wildman–Crippen MR) is 108 cm³/mol. The number of carbonyl (C=O) groups is 1. The first-order valence-electron chi connectivity index (χ1n) is 8.45. The van der Waals surface area contributed by atoms with Gasteiger partial charge in [0.1, 0.15) is 11.4 Å². The Bertz CT molecular complexity index is 925. The number of benzene rings is 2. The summed E-state index contributed by atoms with van der Waals surface area (Å²) in [4.78, 5) is 16.5. The van der Waals surface area contributed by atoms with Gasteiger partial charge >= 0.3 is 0 Å². The number of aryl methyl sites for hydroxylation is 1. The number of carbonyl (C=O) groups excluding carboxylic acids is 1. The Morgan fingerprint density at radius 3 is 2.44 bits per heavy atom. The summed E-state index contributed by atoms with van der Waals surface area (Å²) in [6.07, 6.45) is 1.62. The van der Waals surface area contributed by atoms with Crippen molar-refractivity contribution < 1.29 is 9.53 Å². The summed E-state index contributed by atoms with van der Waals surface area (Å²) in [5.74, 6) is 0.556. The van der Waals surface area contributed by atoms with Crippen LogP contribution < -0.4 is 15.4 Å². The van der Waals surface area contributed by atoms with Crippen LogP contribution in [-0.2, 0) is 6.54 Å². The molecule has 2 N–H and O–H groups in total. The van der Waals surface area contributed by atoms with Gasteiger partial charge in [0.05, 0.1) is 19.0 Å². The minimum atomic E-state index is -0.226. The number of aromatic nitrogens is 1. The number of halogens is 1. The lowest BCUT2D eigenvalue weighted by Gasteiger charge is -2.09. The molecule has 0 aliphatic rings. The molecule has 1 aromatic heterocycles. The summed E-state index contributed by atoms with van der Waals surface area (Å²) in [7, 11) is 1.62. The van der Waals surface area contributed by atoms with Gasteiger partial charge < -0.3 is 15.4 Å². The van der Waals surface area contributed by atoms with E-state index in [2.05, 4.69) is 15.6 Å². The molecule has 0 aliphatic carbocycles. The second-order valence-corrected chi connectivity index (χ2v) is 6.46. The maximum absolute atomic E-state index is 12.3. The monoisotopic (exact) mass is 381 g/mol. The minimum absolute atomic E-state index is 0.226. The molecule has 5 nitrogen and oxygen atoms in total. The zero-order chi connectivity index (χ0) is 19.2. The van der Waals surface area contributed by atoms with Crippen LogP contribution >= 0.6 is 11.6 Å². The lowest BCUT2D eigenvalue weighted by Crippen LogP contribution is -2.23. The Labute approximate surface area is 163 Å². The Morgan fingerprint density at radius 1 is 1.07 bits per heavy atom. The molecule has 138 valence electrons. The number of ether oxygens (including phenoxy) is 1. The van der Waals surface area contributed by atoms with Crippen molar-refractivity contribution in [2.24, 2.45) is 0 Å². The Kier molecular flexibility index (Phi) is 5.94. The highest BCUT2D eigenvalue weighted by molar-refractivity contribution is 6.31. The number of nitrogens with zero attached hydrogens (tertiary/aromatic N) is 1. The fourth-order valence-corrected chi connectivity index (χ4v) is 2.64. The summed E-state index contributed by atoms with van der Waals surface area (Å²) >= 11 is 6.13. The first kappa shape index (κ1) is 18.7. The van der Waals surface area contributed by atoms with Crippen LogP contribution in [-0.4, -0.2) is 18.0 Å². The fourth-order valence-electron chi connectivity index (χ4n) is 2.46. The van der Waals surface area contributed by atoms with E-state index >= 15 is 0 Å². The number of hydrogen-bond donors (Lipinski definition) is 2. The van der Waals surface area contributed by atoms with Crippen molar-refractivity contribution in [3.05, 3.63) is 82.6 Å². The van der Waals surface area contributed by atoms with Gasteiger partial charge in [-0.2, -0.15) is 0 Å². The molecule has 0 unspecified atom stereocenters. The zero-order valence-electron chi connectivity index (χ0n) is 15.1. The molecule has 1 heterocycles. The molecule has 0 saturated heterocycles. The lowest BCUT2D eigenvalue weighted by atomic mass is 10.2. The van der Waals surface area contributed by atoms with Gasteiger partial charge in [-0.3, -0.25) is 4.79 Å². The highest BCUT2D eigenvalue weighted by atomic mass is 35.5. The van der Waals surface area contributed by atoms with Crippen molar-refractivity contribution in [3.63, 3.8) is 0 Å². The number of hydrogen-bond acceptors (Lipinski definition) is 4. The van der Waals surface area contributed by atoms with Gasteiger partial charge in [0, 0.05) is 17.3 Å². The Balaban J connectivity index is 1.58. The molecular formula is C21H20ClN3O2. The van der Waals surface area contributed by atoms with E-state index in [1.807, 2.05) is 55.5 Å². The maximum atomic E-state index is 12.3. The third kappa shape index (κ3) is 4.99. The van der Waals surface area contributed by atoms with E-state index < -0.39 is 0 Å². The third-order valence-electron chi connectivity index (χ3n) is 4.07. The van der Waals surface area contributed by atoms with Gasteiger partial charge in [0.25, 0.3) is 5.91 Å². The molecule has 0 aliphatic heterocycles. The van der Waals surface area contributed by atoms with Gasteiger partial charge in [0.15, 0.2) is 0 Å². The highest BCUT2D eigenvalue weighted by Crippen LogP contribution is 2.23. The fraction of sp³-hybridized carbons (Fsp3) is 0.143. The number of nitrogens with one attached hydrogen (secondary N) is 2. The zero-order valence-corrected chi connectivity index (χ0v) is 15.9. The van der Waals surface area contributed by atoms with E-state index in [4.69, 9.17) is 16.3 Å². The maximum Gasteiger partial charge on any atom is 0.270 e. The Hall–Kier alpha value is -3.05. The second-order valence-electron chi connectivity index (χ2n) is 6.05. The van der Waals surface area contributed by atoms with Gasteiger partial charge in [-0.1, -0.05) is 29.8 Å². The van der Waals surface area contributed by atoms with E-state index in [1.54, 1.807) is 19.4 Å². The van der Waals surface area contributed by atoms with Crippen LogP contribution in [0.3, 0.4) is 0 Å². The highest BCUT2D eigenvalue weighted by Gasteiger charge is 2.07. The van der Waals surface area contributed by atoms with Gasteiger partial charge in [-0.25, -0.2) is 4.98 Å². The number of rotatable bonds is 6. The number of anilines is 2. The summed E-state index contributed by atoms with van der Waals surface area (Å²) < 4.78 is 5.12. The number of pyridine rings is 1. The number of amides is 1. The van der Waals surface area contributed by atoms with Crippen LogP contribution in [0.15, 0.2) is 60.8 Å². The van der Waals surface area contributed by atoms with Crippen LogP contribution in [0.25, 0.3) is 0 Å². The van der Waals surface area contributed by atoms with E-state index in [0.717, 1.165) is 28.3 Å². The molecule has 0 atom stereocenters. The van der Waals surface area contributed by atoms with Crippen LogP contribution in [0.1, 0.15) is 21.6 Å². The lowest BCUT2D eigenvalue weighted by molar-refractivity contribution is 0.0946.